The molecule has 27 heavy (non-hydrogen) atoms. The number of unbranched alkanes of at least 4 members (excludes halogenated alkanes) is 8. The maximum atomic E-state index is 10.4. The van der Waals surface area contributed by atoms with Gasteiger partial charge in [0.2, 0.25) is 0 Å². The van der Waals surface area contributed by atoms with Crippen LogP contribution in [-0.2, 0) is 0 Å². The van der Waals surface area contributed by atoms with Gasteiger partial charge in [0.25, 0.3) is 0 Å². The lowest BCUT2D eigenvalue weighted by molar-refractivity contribution is 0.144. The molecule has 0 bridgehead atoms. The first-order chi connectivity index (χ1) is 12.7. The van der Waals surface area contributed by atoms with Gasteiger partial charge in [0.15, 0.2) is 0 Å². The molecule has 162 valence electrons. The number of rotatable bonds is 19. The zero-order valence-electron chi connectivity index (χ0n) is 18.6. The van der Waals surface area contributed by atoms with Gasteiger partial charge in [-0.2, -0.15) is 4.91 Å². The number of aliphatic hydroxyl groups excluding tert-OH is 2. The van der Waals surface area contributed by atoms with Crippen molar-refractivity contribution < 1.29 is 10.2 Å². The van der Waals surface area contributed by atoms with Crippen LogP contribution in [-0.4, -0.2) is 29.5 Å². The Hall–Kier alpha value is -0.480. The Morgan fingerprint density at radius 3 is 1.56 bits per heavy atom. The van der Waals surface area contributed by atoms with Gasteiger partial charge < -0.3 is 10.2 Å². The average molecular weight is 386 g/mol. The van der Waals surface area contributed by atoms with Crippen LogP contribution in [0.25, 0.3) is 0 Å². The Kier molecular flexibility index (Phi) is 15.2. The summed E-state index contributed by atoms with van der Waals surface area (Å²) in [5.74, 6) is 0. The highest BCUT2D eigenvalue weighted by Crippen LogP contribution is 2.25. The molecule has 0 spiro atoms. The molecule has 1 atom stereocenters. The van der Waals surface area contributed by atoms with Crippen molar-refractivity contribution in [3.8, 4) is 0 Å². The SMILES string of the molecule is CC(C)(CO)CCCCCCCC(O)CCCCCCCC(C)(C)CN=O. The predicted molar refractivity (Wildman–Crippen MR) is 116 cm³/mol. The highest BCUT2D eigenvalue weighted by molar-refractivity contribution is 4.71. The Morgan fingerprint density at radius 1 is 0.704 bits per heavy atom. The summed E-state index contributed by atoms with van der Waals surface area (Å²) in [4.78, 5) is 10.4. The molecule has 0 heterocycles. The van der Waals surface area contributed by atoms with Gasteiger partial charge in [0, 0.05) is 6.61 Å². The summed E-state index contributed by atoms with van der Waals surface area (Å²) >= 11 is 0. The molecule has 1 unspecified atom stereocenters. The van der Waals surface area contributed by atoms with E-state index in [1.54, 1.807) is 0 Å². The number of nitroso groups, excluding NO2 is 1. The summed E-state index contributed by atoms with van der Waals surface area (Å²) in [5, 5.41) is 22.4. The summed E-state index contributed by atoms with van der Waals surface area (Å²) in [6.07, 6.45) is 15.8. The maximum absolute atomic E-state index is 10.4. The van der Waals surface area contributed by atoms with Gasteiger partial charge in [0.1, 0.15) is 0 Å². The molecule has 0 aromatic heterocycles. The third kappa shape index (κ3) is 17.4. The zero-order valence-corrected chi connectivity index (χ0v) is 18.6. The fourth-order valence-electron chi connectivity index (χ4n) is 3.50. The van der Waals surface area contributed by atoms with Crippen LogP contribution in [0.15, 0.2) is 5.18 Å². The van der Waals surface area contributed by atoms with E-state index in [2.05, 4.69) is 32.9 Å². The summed E-state index contributed by atoms with van der Waals surface area (Å²) < 4.78 is 0. The van der Waals surface area contributed by atoms with E-state index >= 15 is 0 Å². The lowest BCUT2D eigenvalue weighted by Crippen LogP contribution is -2.16. The van der Waals surface area contributed by atoms with E-state index in [9.17, 15) is 15.1 Å². The van der Waals surface area contributed by atoms with Gasteiger partial charge in [0.05, 0.1) is 12.6 Å². The molecule has 4 nitrogen and oxygen atoms in total. The van der Waals surface area contributed by atoms with Gasteiger partial charge in [-0.3, -0.25) is 0 Å². The summed E-state index contributed by atoms with van der Waals surface area (Å²) in [5.41, 5.74) is 0.117. The van der Waals surface area contributed by atoms with E-state index in [0.717, 1.165) is 38.5 Å². The number of nitrogens with zero attached hydrogens (tertiary/aromatic N) is 1. The molecule has 0 aromatic rings. The highest BCUT2D eigenvalue weighted by Gasteiger charge is 2.17. The molecule has 2 N–H and O–H groups in total. The van der Waals surface area contributed by atoms with Crippen LogP contribution in [0.1, 0.15) is 118 Å². The summed E-state index contributed by atoms with van der Waals surface area (Å²) in [6.45, 7) is 9.15. The molecule has 0 aliphatic heterocycles. The van der Waals surface area contributed by atoms with Gasteiger partial charge >= 0.3 is 0 Å². The Bertz CT molecular complexity index is 356. The molecule has 4 heteroatoms. The molecular weight excluding hydrogens is 338 g/mol. The highest BCUT2D eigenvalue weighted by atomic mass is 16.3. The zero-order chi connectivity index (χ0) is 20.6. The second-order valence-electron chi connectivity index (χ2n) is 10.0. The van der Waals surface area contributed by atoms with E-state index < -0.39 is 0 Å². The van der Waals surface area contributed by atoms with Crippen LogP contribution in [0.4, 0.5) is 0 Å². The Labute approximate surface area is 168 Å². The quantitative estimate of drug-likeness (QED) is 0.194. The standard InChI is InChI=1S/C23H47NO3/c1-22(2,19-24-27)17-13-9-5-7-11-15-21(26)16-12-8-6-10-14-18-23(3,4)20-25/h21,25-26H,5-20H2,1-4H3. The molecule has 0 aromatic carbocycles. The van der Waals surface area contributed by atoms with Crippen LogP contribution in [0.5, 0.6) is 0 Å². The second-order valence-corrected chi connectivity index (χ2v) is 10.0. The first-order valence-electron chi connectivity index (χ1n) is 11.3. The Balaban J connectivity index is 3.40. The van der Waals surface area contributed by atoms with Crippen LogP contribution in [0.2, 0.25) is 0 Å². The molecule has 0 radical (unpaired) electrons. The number of hydrogen-bond donors (Lipinski definition) is 2. The summed E-state index contributed by atoms with van der Waals surface area (Å²) in [6, 6.07) is 0. The molecule has 0 rings (SSSR count). The smallest absolute Gasteiger partial charge is 0.0862 e. The minimum absolute atomic E-state index is 0.0486. The van der Waals surface area contributed by atoms with E-state index in [1.807, 2.05) is 0 Å². The number of hydrogen-bond acceptors (Lipinski definition) is 4. The summed E-state index contributed by atoms with van der Waals surface area (Å²) in [7, 11) is 0. The van der Waals surface area contributed by atoms with Crippen LogP contribution in [0, 0.1) is 15.7 Å². The van der Waals surface area contributed by atoms with Crippen LogP contribution >= 0.6 is 0 Å². The van der Waals surface area contributed by atoms with E-state index in [0.29, 0.717) is 6.54 Å². The monoisotopic (exact) mass is 385 g/mol. The fourth-order valence-corrected chi connectivity index (χ4v) is 3.50. The molecular formula is C23H47NO3. The third-order valence-electron chi connectivity index (χ3n) is 5.70. The van der Waals surface area contributed by atoms with Crippen molar-refractivity contribution >= 4 is 0 Å². The number of aliphatic hydroxyl groups is 2. The lowest BCUT2D eigenvalue weighted by atomic mass is 9.87. The van der Waals surface area contributed by atoms with Crippen molar-refractivity contribution in [2.45, 2.75) is 124 Å². The molecule has 0 amide bonds. The molecule has 0 saturated heterocycles. The van der Waals surface area contributed by atoms with Gasteiger partial charge in [-0.15, -0.1) is 0 Å². The van der Waals surface area contributed by atoms with Crippen molar-refractivity contribution in [3.05, 3.63) is 4.91 Å². The predicted octanol–water partition coefficient (Wildman–Crippen LogP) is 6.62. The fraction of sp³-hybridized carbons (Fsp3) is 1.00. The van der Waals surface area contributed by atoms with Crippen molar-refractivity contribution in [1.29, 1.82) is 0 Å². The third-order valence-corrected chi connectivity index (χ3v) is 5.70. The van der Waals surface area contributed by atoms with Gasteiger partial charge in [-0.25, -0.2) is 0 Å². The van der Waals surface area contributed by atoms with Crippen molar-refractivity contribution in [2.75, 3.05) is 13.2 Å². The molecule has 0 aliphatic rings. The van der Waals surface area contributed by atoms with Crippen molar-refractivity contribution in [2.24, 2.45) is 16.0 Å². The van der Waals surface area contributed by atoms with Crippen molar-refractivity contribution in [1.82, 2.24) is 0 Å². The normalized spacial score (nSPS) is 13.7. The van der Waals surface area contributed by atoms with Gasteiger partial charge in [-0.05, 0) is 36.5 Å². The first-order valence-corrected chi connectivity index (χ1v) is 11.3. The van der Waals surface area contributed by atoms with E-state index in [-0.39, 0.29) is 23.5 Å². The lowest BCUT2D eigenvalue weighted by Gasteiger charge is -2.21. The topological polar surface area (TPSA) is 69.9 Å². The molecule has 0 saturated carbocycles. The minimum Gasteiger partial charge on any atom is -0.396 e. The van der Waals surface area contributed by atoms with Crippen LogP contribution < -0.4 is 0 Å². The molecule has 0 fully saturated rings. The Morgan fingerprint density at radius 2 is 1.11 bits per heavy atom. The maximum Gasteiger partial charge on any atom is 0.0862 e. The largest absolute Gasteiger partial charge is 0.396 e. The van der Waals surface area contributed by atoms with E-state index in [1.165, 1.54) is 51.4 Å². The van der Waals surface area contributed by atoms with E-state index in [4.69, 9.17) is 0 Å². The van der Waals surface area contributed by atoms with Gasteiger partial charge in [-0.1, -0.05) is 97.1 Å². The van der Waals surface area contributed by atoms with Crippen molar-refractivity contribution in [3.63, 3.8) is 0 Å². The first kappa shape index (κ1) is 26.5. The average Bonchev–Trinajstić information content (AvgIpc) is 2.59. The second kappa shape index (κ2) is 15.4. The minimum atomic E-state index is -0.129. The molecule has 0 aliphatic carbocycles. The van der Waals surface area contributed by atoms with Crippen LogP contribution in [0.3, 0.4) is 0 Å².